The predicted molar refractivity (Wildman–Crippen MR) is 85.8 cm³/mol. The third-order valence-corrected chi connectivity index (χ3v) is 3.51. The first kappa shape index (κ1) is 14.8. The average molecular weight is 309 g/mol. The number of nitrogens with zero attached hydrogens (tertiary/aromatic N) is 2. The maximum atomic E-state index is 11.1. The molecule has 0 atom stereocenters. The van der Waals surface area contributed by atoms with Crippen molar-refractivity contribution in [3.05, 3.63) is 54.6 Å². The molecule has 0 aliphatic heterocycles. The zero-order valence-electron chi connectivity index (χ0n) is 12.3. The molecule has 0 saturated heterocycles. The maximum absolute atomic E-state index is 11.1. The summed E-state index contributed by atoms with van der Waals surface area (Å²) in [4.78, 5) is 11.1. The van der Waals surface area contributed by atoms with Crippen molar-refractivity contribution in [1.82, 2.24) is 15.4 Å². The molecule has 1 heterocycles. The van der Waals surface area contributed by atoms with E-state index in [9.17, 15) is 9.90 Å². The minimum absolute atomic E-state index is 0.160. The number of nitrogens with one attached hydrogen (secondary N) is 1. The van der Waals surface area contributed by atoms with Crippen LogP contribution in [0.1, 0.15) is 5.56 Å². The van der Waals surface area contributed by atoms with Gasteiger partial charge in [-0.1, -0.05) is 30.0 Å². The summed E-state index contributed by atoms with van der Waals surface area (Å²) in [5.74, 6) is -0.288. The lowest BCUT2D eigenvalue weighted by atomic mass is 9.99. The topological polar surface area (TPSA) is 88.1 Å². The van der Waals surface area contributed by atoms with Gasteiger partial charge in [-0.3, -0.25) is 5.10 Å². The Bertz CT molecular complexity index is 870. The highest BCUT2D eigenvalue weighted by molar-refractivity contribution is 5.93. The number of hydrogen-bond acceptors (Lipinski definition) is 5. The summed E-state index contributed by atoms with van der Waals surface area (Å²) < 4.78 is 4.98. The largest absolute Gasteiger partial charge is 0.507 e. The molecular weight excluding hydrogens is 294 g/mol. The van der Waals surface area contributed by atoms with E-state index in [1.807, 2.05) is 24.3 Å². The molecule has 6 nitrogen and oxygen atoms in total. The molecule has 0 saturated carbocycles. The number of benzene rings is 2. The zero-order chi connectivity index (χ0) is 16.2. The van der Waals surface area contributed by atoms with Gasteiger partial charge in [0, 0.05) is 23.6 Å². The summed E-state index contributed by atoms with van der Waals surface area (Å²) in [6, 6.07) is 10.9. The van der Waals surface area contributed by atoms with Gasteiger partial charge >= 0.3 is 5.97 Å². The second-order valence-electron chi connectivity index (χ2n) is 4.99. The van der Waals surface area contributed by atoms with Crippen LogP contribution in [0, 0.1) is 0 Å². The molecule has 0 amide bonds. The highest BCUT2D eigenvalue weighted by atomic mass is 16.5. The van der Waals surface area contributed by atoms with E-state index >= 15 is 0 Å². The van der Waals surface area contributed by atoms with Crippen LogP contribution in [0.4, 0.5) is 0 Å². The molecule has 0 spiro atoms. The molecule has 2 N–H and O–H groups in total. The number of carbonyl (C=O) groups excluding carboxylic acids is 1. The number of rotatable bonds is 5. The van der Waals surface area contributed by atoms with Crippen LogP contribution in [0.15, 0.2) is 49.1 Å². The fourth-order valence-corrected chi connectivity index (χ4v) is 2.37. The first-order chi connectivity index (χ1) is 11.2. The Morgan fingerprint density at radius 3 is 3.00 bits per heavy atom. The summed E-state index contributed by atoms with van der Waals surface area (Å²) in [6.45, 7) is 3.61. The van der Waals surface area contributed by atoms with Gasteiger partial charge in [0.2, 0.25) is 0 Å². The number of H-pyrrole nitrogens is 1. The SMILES string of the molecule is C=CC(=O)OCCc1ccc(O)c(-c2cccc3[nH]nnc23)c1. The summed E-state index contributed by atoms with van der Waals surface area (Å²) in [5, 5.41) is 20.8. The molecule has 23 heavy (non-hydrogen) atoms. The van der Waals surface area contributed by atoms with Crippen LogP contribution in [0.25, 0.3) is 22.2 Å². The predicted octanol–water partition coefficient (Wildman–Crippen LogP) is 2.60. The number of carbonyl (C=O) groups is 1. The molecule has 0 radical (unpaired) electrons. The van der Waals surface area contributed by atoms with Gasteiger partial charge in [0.25, 0.3) is 0 Å². The average Bonchev–Trinajstić information content (AvgIpc) is 3.05. The third-order valence-electron chi connectivity index (χ3n) is 3.51. The fraction of sp³-hybridized carbons (Fsp3) is 0.118. The summed E-state index contributed by atoms with van der Waals surface area (Å²) in [5.41, 5.74) is 3.89. The van der Waals surface area contributed by atoms with Crippen LogP contribution in [-0.2, 0) is 16.0 Å². The van der Waals surface area contributed by atoms with Gasteiger partial charge in [0.1, 0.15) is 11.3 Å². The van der Waals surface area contributed by atoms with Gasteiger partial charge in [-0.2, -0.15) is 0 Å². The Balaban J connectivity index is 1.90. The molecule has 0 fully saturated rings. The van der Waals surface area contributed by atoms with Crippen LogP contribution >= 0.6 is 0 Å². The first-order valence-corrected chi connectivity index (χ1v) is 7.10. The van der Waals surface area contributed by atoms with Crippen molar-refractivity contribution in [3.8, 4) is 16.9 Å². The van der Waals surface area contributed by atoms with Crippen molar-refractivity contribution >= 4 is 17.0 Å². The second-order valence-corrected chi connectivity index (χ2v) is 4.99. The number of aromatic amines is 1. The van der Waals surface area contributed by atoms with Crippen LogP contribution < -0.4 is 0 Å². The van der Waals surface area contributed by atoms with E-state index in [0.717, 1.165) is 22.7 Å². The molecule has 0 aliphatic rings. The number of aromatic hydroxyl groups is 1. The number of ether oxygens (including phenoxy) is 1. The van der Waals surface area contributed by atoms with Crippen molar-refractivity contribution < 1.29 is 14.6 Å². The normalized spacial score (nSPS) is 10.6. The Hall–Kier alpha value is -3.15. The lowest BCUT2D eigenvalue weighted by molar-refractivity contribution is -0.137. The molecular formula is C17H15N3O3. The van der Waals surface area contributed by atoms with Crippen molar-refractivity contribution in [3.63, 3.8) is 0 Å². The molecule has 1 aromatic heterocycles. The van der Waals surface area contributed by atoms with Gasteiger partial charge in [0.15, 0.2) is 0 Å². The van der Waals surface area contributed by atoms with Gasteiger partial charge in [-0.15, -0.1) is 5.10 Å². The highest BCUT2D eigenvalue weighted by Gasteiger charge is 2.11. The standard InChI is InChI=1S/C17H15N3O3/c1-2-16(22)23-9-8-11-6-7-15(21)13(10-11)12-4-3-5-14-17(12)19-20-18-14/h2-7,10,21H,1,8-9H2,(H,18,19,20). The van der Waals surface area contributed by atoms with E-state index in [2.05, 4.69) is 22.0 Å². The smallest absolute Gasteiger partial charge is 0.330 e. The Morgan fingerprint density at radius 2 is 2.17 bits per heavy atom. The van der Waals surface area contributed by atoms with Gasteiger partial charge in [-0.25, -0.2) is 4.79 Å². The summed E-state index contributed by atoms with van der Waals surface area (Å²) >= 11 is 0. The van der Waals surface area contributed by atoms with Crippen molar-refractivity contribution in [2.75, 3.05) is 6.61 Å². The van der Waals surface area contributed by atoms with Crippen molar-refractivity contribution in [2.24, 2.45) is 0 Å². The molecule has 3 aromatic rings. The van der Waals surface area contributed by atoms with E-state index in [-0.39, 0.29) is 12.4 Å². The summed E-state index contributed by atoms with van der Waals surface area (Å²) in [7, 11) is 0. The number of fused-ring (bicyclic) bond motifs is 1. The Labute approximate surface area is 132 Å². The van der Waals surface area contributed by atoms with Crippen LogP contribution in [0.5, 0.6) is 5.75 Å². The lowest BCUT2D eigenvalue weighted by Crippen LogP contribution is -2.04. The van der Waals surface area contributed by atoms with Gasteiger partial charge in [0.05, 0.1) is 12.1 Å². The number of hydrogen-bond donors (Lipinski definition) is 2. The number of phenols is 1. The quantitative estimate of drug-likeness (QED) is 0.558. The molecule has 0 aliphatic carbocycles. The van der Waals surface area contributed by atoms with E-state index in [1.165, 1.54) is 0 Å². The van der Waals surface area contributed by atoms with Crippen LogP contribution in [0.3, 0.4) is 0 Å². The first-order valence-electron chi connectivity index (χ1n) is 7.10. The molecule has 2 aromatic carbocycles. The van der Waals surface area contributed by atoms with Gasteiger partial charge in [-0.05, 0) is 23.8 Å². The zero-order valence-corrected chi connectivity index (χ0v) is 12.3. The van der Waals surface area contributed by atoms with Gasteiger partial charge < -0.3 is 9.84 Å². The molecule has 6 heteroatoms. The highest BCUT2D eigenvalue weighted by Crippen LogP contribution is 2.33. The molecule has 0 bridgehead atoms. The monoisotopic (exact) mass is 309 g/mol. The third kappa shape index (κ3) is 3.06. The van der Waals surface area contributed by atoms with Crippen LogP contribution in [-0.4, -0.2) is 33.1 Å². The molecule has 0 unspecified atom stereocenters. The van der Waals surface area contributed by atoms with Crippen molar-refractivity contribution in [2.45, 2.75) is 6.42 Å². The Morgan fingerprint density at radius 1 is 1.30 bits per heavy atom. The number of phenolic OH excluding ortho intramolecular Hbond substituents is 1. The van der Waals surface area contributed by atoms with Crippen molar-refractivity contribution in [1.29, 1.82) is 0 Å². The number of aromatic nitrogens is 3. The molecule has 3 rings (SSSR count). The van der Waals surface area contributed by atoms with E-state index < -0.39 is 5.97 Å². The van der Waals surface area contributed by atoms with E-state index in [0.29, 0.717) is 17.5 Å². The van der Waals surface area contributed by atoms with E-state index in [4.69, 9.17) is 4.74 Å². The minimum Gasteiger partial charge on any atom is -0.507 e. The Kier molecular flexibility index (Phi) is 4.05. The van der Waals surface area contributed by atoms with Crippen LogP contribution in [0.2, 0.25) is 0 Å². The number of esters is 1. The minimum atomic E-state index is -0.448. The second kappa shape index (κ2) is 6.31. The lowest BCUT2D eigenvalue weighted by Gasteiger charge is -2.09. The van der Waals surface area contributed by atoms with E-state index in [1.54, 1.807) is 12.1 Å². The molecule has 116 valence electrons. The summed E-state index contributed by atoms with van der Waals surface area (Å²) in [6.07, 6.45) is 1.68. The maximum Gasteiger partial charge on any atom is 0.330 e. The fourth-order valence-electron chi connectivity index (χ4n) is 2.37.